The van der Waals surface area contributed by atoms with Crippen molar-refractivity contribution >= 4 is 39.4 Å². The third-order valence-electron chi connectivity index (χ3n) is 4.09. The summed E-state index contributed by atoms with van der Waals surface area (Å²) in [7, 11) is 0. The molecule has 2 heterocycles. The van der Waals surface area contributed by atoms with Gasteiger partial charge in [0, 0.05) is 17.2 Å². The van der Waals surface area contributed by atoms with Crippen molar-refractivity contribution in [3.8, 4) is 5.75 Å². The maximum Gasteiger partial charge on any atom is 0.236 e. The van der Waals surface area contributed by atoms with Crippen LogP contribution in [-0.2, 0) is 11.3 Å². The number of thioether (sulfide) groups is 1. The van der Waals surface area contributed by atoms with E-state index in [1.807, 2.05) is 55.7 Å². The van der Waals surface area contributed by atoms with Crippen LogP contribution in [0.15, 0.2) is 52.2 Å². The predicted molar refractivity (Wildman–Crippen MR) is 117 cm³/mol. The summed E-state index contributed by atoms with van der Waals surface area (Å²) in [5.41, 5.74) is 1.18. The normalized spacial score (nSPS) is 11.9. The van der Waals surface area contributed by atoms with Crippen molar-refractivity contribution in [1.82, 2.24) is 19.7 Å². The number of amides is 1. The van der Waals surface area contributed by atoms with E-state index in [2.05, 4.69) is 36.4 Å². The zero-order valence-corrected chi connectivity index (χ0v) is 18.8. The second kappa shape index (κ2) is 9.89. The summed E-state index contributed by atoms with van der Waals surface area (Å²) in [6, 6.07) is 11.5. The minimum atomic E-state index is -0.264. The molecule has 29 heavy (non-hydrogen) atoms. The molecule has 1 unspecified atom stereocenters. The average molecular weight is 476 g/mol. The van der Waals surface area contributed by atoms with Gasteiger partial charge in [0.05, 0.1) is 5.75 Å². The van der Waals surface area contributed by atoms with Crippen molar-refractivity contribution in [2.24, 2.45) is 0 Å². The number of anilines is 1. The Hall–Kier alpha value is -2.39. The molecule has 7 nitrogen and oxygen atoms in total. The van der Waals surface area contributed by atoms with E-state index in [1.165, 1.54) is 17.3 Å². The third kappa shape index (κ3) is 5.80. The Morgan fingerprint density at radius 2 is 2.00 bits per heavy atom. The van der Waals surface area contributed by atoms with E-state index in [4.69, 9.17) is 4.74 Å². The van der Waals surface area contributed by atoms with E-state index in [1.54, 1.807) is 12.3 Å². The van der Waals surface area contributed by atoms with E-state index in [-0.39, 0.29) is 17.8 Å². The van der Waals surface area contributed by atoms with Gasteiger partial charge in [-0.15, -0.1) is 10.2 Å². The molecule has 9 heteroatoms. The van der Waals surface area contributed by atoms with E-state index in [9.17, 15) is 4.79 Å². The molecule has 1 N–H and O–H groups in total. The summed E-state index contributed by atoms with van der Waals surface area (Å²) >= 11 is 4.65. The number of halogens is 1. The fourth-order valence-electron chi connectivity index (χ4n) is 2.64. The number of pyridine rings is 1. The highest BCUT2D eigenvalue weighted by molar-refractivity contribution is 9.10. The van der Waals surface area contributed by atoms with Gasteiger partial charge >= 0.3 is 0 Å². The number of hydrogen-bond acceptors (Lipinski definition) is 6. The Morgan fingerprint density at radius 1 is 1.24 bits per heavy atom. The number of hydrogen-bond donors (Lipinski definition) is 1. The molecular weight excluding hydrogens is 454 g/mol. The first-order chi connectivity index (χ1) is 14.0. The number of carbonyl (C=O) groups is 1. The lowest BCUT2D eigenvalue weighted by Crippen LogP contribution is -2.16. The largest absolute Gasteiger partial charge is 0.483 e. The first-order valence-corrected chi connectivity index (χ1v) is 10.9. The molecule has 1 aromatic carbocycles. The fourth-order valence-corrected chi connectivity index (χ4v) is 3.68. The van der Waals surface area contributed by atoms with E-state index >= 15 is 0 Å². The Bertz CT molecular complexity index is 960. The Balaban J connectivity index is 1.61. The third-order valence-corrected chi connectivity index (χ3v) is 5.52. The van der Waals surface area contributed by atoms with Crippen LogP contribution in [-0.4, -0.2) is 31.4 Å². The van der Waals surface area contributed by atoms with Gasteiger partial charge in [-0.25, -0.2) is 4.98 Å². The molecule has 0 radical (unpaired) electrons. The van der Waals surface area contributed by atoms with Gasteiger partial charge in [0.1, 0.15) is 11.6 Å². The molecule has 2 aromatic heterocycles. The van der Waals surface area contributed by atoms with Crippen molar-refractivity contribution in [3.63, 3.8) is 0 Å². The van der Waals surface area contributed by atoms with Gasteiger partial charge < -0.3 is 14.6 Å². The van der Waals surface area contributed by atoms with Crippen LogP contribution in [0.2, 0.25) is 0 Å². The average Bonchev–Trinajstić information content (AvgIpc) is 3.13. The highest BCUT2D eigenvalue weighted by Crippen LogP contribution is 2.25. The van der Waals surface area contributed by atoms with Crippen LogP contribution in [0.4, 0.5) is 5.82 Å². The van der Waals surface area contributed by atoms with Crippen molar-refractivity contribution in [2.45, 2.75) is 38.6 Å². The lowest BCUT2D eigenvalue weighted by molar-refractivity contribution is -0.113. The molecule has 3 aromatic rings. The Morgan fingerprint density at radius 3 is 2.66 bits per heavy atom. The van der Waals surface area contributed by atoms with Crippen molar-refractivity contribution in [1.29, 1.82) is 0 Å². The van der Waals surface area contributed by atoms with Gasteiger partial charge in [-0.05, 0) is 61.0 Å². The molecule has 0 saturated heterocycles. The highest BCUT2D eigenvalue weighted by atomic mass is 79.9. The van der Waals surface area contributed by atoms with Crippen molar-refractivity contribution < 1.29 is 9.53 Å². The zero-order chi connectivity index (χ0) is 20.8. The summed E-state index contributed by atoms with van der Waals surface area (Å²) < 4.78 is 8.83. The summed E-state index contributed by atoms with van der Waals surface area (Å²) in [5, 5.41) is 12.0. The monoisotopic (exact) mass is 475 g/mol. The van der Waals surface area contributed by atoms with Crippen LogP contribution in [0, 0.1) is 6.92 Å². The molecule has 0 aliphatic heterocycles. The number of nitrogens with one attached hydrogen (secondary N) is 1. The molecule has 1 atom stereocenters. The lowest BCUT2D eigenvalue weighted by Gasteiger charge is -2.15. The second-order valence-corrected chi connectivity index (χ2v) is 8.21. The van der Waals surface area contributed by atoms with Gasteiger partial charge in [-0.3, -0.25) is 4.79 Å². The van der Waals surface area contributed by atoms with Crippen molar-refractivity contribution in [3.05, 3.63) is 58.5 Å². The molecular formula is C20H22BrN5O2S. The summed E-state index contributed by atoms with van der Waals surface area (Å²) in [6.07, 6.45) is 1.37. The van der Waals surface area contributed by atoms with E-state index in [0.29, 0.717) is 17.5 Å². The van der Waals surface area contributed by atoms with Crippen molar-refractivity contribution in [2.75, 3.05) is 11.1 Å². The molecule has 0 aliphatic rings. The second-order valence-electron chi connectivity index (χ2n) is 6.36. The van der Waals surface area contributed by atoms with E-state index in [0.717, 1.165) is 16.0 Å². The summed E-state index contributed by atoms with van der Waals surface area (Å²) in [4.78, 5) is 16.4. The van der Waals surface area contributed by atoms with Gasteiger partial charge in [0.25, 0.3) is 0 Å². The number of aromatic nitrogens is 4. The topological polar surface area (TPSA) is 81.9 Å². The fraction of sp³-hybridized carbons (Fsp3) is 0.300. The van der Waals surface area contributed by atoms with Gasteiger partial charge in [0.2, 0.25) is 5.91 Å². The minimum absolute atomic E-state index is 0.152. The van der Waals surface area contributed by atoms with Crippen LogP contribution in [0.1, 0.15) is 31.3 Å². The number of ether oxygens (including phenoxy) is 1. The van der Waals surface area contributed by atoms with Crippen LogP contribution in [0.5, 0.6) is 5.75 Å². The molecule has 0 saturated carbocycles. The summed E-state index contributed by atoms with van der Waals surface area (Å²) in [6.45, 7) is 6.67. The maximum atomic E-state index is 12.2. The smallest absolute Gasteiger partial charge is 0.236 e. The first-order valence-electron chi connectivity index (χ1n) is 9.17. The zero-order valence-electron chi connectivity index (χ0n) is 16.4. The number of carbonyl (C=O) groups excluding carboxylic acids is 1. The number of nitrogens with zero attached hydrogens (tertiary/aromatic N) is 4. The molecule has 0 spiro atoms. The van der Waals surface area contributed by atoms with E-state index < -0.39 is 0 Å². The highest BCUT2D eigenvalue weighted by Gasteiger charge is 2.19. The van der Waals surface area contributed by atoms with Gasteiger partial charge in [-0.2, -0.15) is 0 Å². The minimum Gasteiger partial charge on any atom is -0.483 e. The van der Waals surface area contributed by atoms with Gasteiger partial charge in [0.15, 0.2) is 17.1 Å². The quantitative estimate of drug-likeness (QED) is 0.478. The predicted octanol–water partition coefficient (Wildman–Crippen LogP) is 4.63. The Kier molecular flexibility index (Phi) is 7.27. The molecule has 0 fully saturated rings. The Labute approximate surface area is 182 Å². The van der Waals surface area contributed by atoms with Gasteiger partial charge in [-0.1, -0.05) is 29.5 Å². The van der Waals surface area contributed by atoms with Crippen LogP contribution in [0.3, 0.4) is 0 Å². The SMILES string of the molecule is CCn1c(SCC(=O)Nc2ccc(Br)cn2)nnc1C(C)Oc1ccc(C)cc1. The molecule has 1 amide bonds. The van der Waals surface area contributed by atoms with Crippen LogP contribution >= 0.6 is 27.7 Å². The molecule has 152 valence electrons. The van der Waals surface area contributed by atoms with Crippen LogP contribution < -0.4 is 10.1 Å². The lowest BCUT2D eigenvalue weighted by atomic mass is 10.2. The number of aryl methyl sites for hydroxylation is 1. The molecule has 0 bridgehead atoms. The molecule has 0 aliphatic carbocycles. The van der Waals surface area contributed by atoms with Crippen LogP contribution in [0.25, 0.3) is 0 Å². The summed E-state index contributed by atoms with van der Waals surface area (Å²) in [5.74, 6) is 2.08. The molecule has 3 rings (SSSR count). The standard InChI is InChI=1S/C20H22BrN5O2S/c1-4-26-19(14(3)28-16-8-5-13(2)6-9-16)24-25-20(26)29-12-18(27)23-17-10-7-15(21)11-22-17/h5-11,14H,4,12H2,1-3H3,(H,22,23,27). The number of benzene rings is 1. The number of rotatable bonds is 8. The maximum absolute atomic E-state index is 12.2. The first kappa shape index (κ1) is 21.3.